The van der Waals surface area contributed by atoms with Crippen LogP contribution in [0, 0.1) is 15.9 Å². The predicted octanol–water partition coefficient (Wildman–Crippen LogP) is 1.11. The van der Waals surface area contributed by atoms with Crippen LogP contribution in [0.3, 0.4) is 0 Å². The summed E-state index contributed by atoms with van der Waals surface area (Å²) in [5, 5.41) is 29.6. The van der Waals surface area contributed by atoms with Crippen LogP contribution >= 0.6 is 15.9 Å². The minimum Gasteiger partial charge on any atom is -0.396 e. The Balaban J connectivity index is 3.27. The van der Waals surface area contributed by atoms with Crippen molar-refractivity contribution in [1.82, 2.24) is 0 Å². The van der Waals surface area contributed by atoms with E-state index in [9.17, 15) is 24.7 Å². The first kappa shape index (κ1) is 13.8. The molecule has 0 saturated carbocycles. The van der Waals surface area contributed by atoms with Crippen molar-refractivity contribution in [2.24, 2.45) is 0 Å². The molecule has 1 aromatic rings. The number of nitrogen functional groups attached to an aromatic ring is 1. The number of aliphatic hydroxyl groups excluding tert-OH is 2. The van der Waals surface area contributed by atoms with E-state index >= 15 is 0 Å². The van der Waals surface area contributed by atoms with Crippen molar-refractivity contribution in [2.45, 2.75) is 12.2 Å². The van der Waals surface area contributed by atoms with Gasteiger partial charge in [-0.2, -0.15) is 0 Å². The van der Waals surface area contributed by atoms with E-state index in [0.29, 0.717) is 6.07 Å². The van der Waals surface area contributed by atoms with Gasteiger partial charge in [-0.3, -0.25) is 10.1 Å². The molecule has 0 fully saturated rings. The largest absolute Gasteiger partial charge is 0.396 e. The highest BCUT2D eigenvalue weighted by atomic mass is 79.9. The number of nitrogens with two attached hydrogens (primary N) is 1. The number of nitro benzene ring substituents is 1. The van der Waals surface area contributed by atoms with Crippen molar-refractivity contribution in [3.8, 4) is 0 Å². The van der Waals surface area contributed by atoms with Gasteiger partial charge in [0.25, 0.3) is 5.69 Å². The predicted molar refractivity (Wildman–Crippen MR) is 62.2 cm³/mol. The lowest BCUT2D eigenvalue weighted by Gasteiger charge is -2.17. The molecule has 8 heteroatoms. The summed E-state index contributed by atoms with van der Waals surface area (Å²) in [5.74, 6) is -1.00. The van der Waals surface area contributed by atoms with E-state index in [1.807, 2.05) is 0 Å². The number of aliphatic hydroxyl groups is 2. The van der Waals surface area contributed by atoms with Crippen molar-refractivity contribution in [3.63, 3.8) is 0 Å². The average molecular weight is 309 g/mol. The van der Waals surface area contributed by atoms with Crippen LogP contribution in [0.4, 0.5) is 15.8 Å². The van der Waals surface area contributed by atoms with Crippen molar-refractivity contribution < 1.29 is 19.5 Å². The lowest BCUT2D eigenvalue weighted by atomic mass is 10.0. The van der Waals surface area contributed by atoms with Gasteiger partial charge in [0.05, 0.1) is 22.8 Å². The van der Waals surface area contributed by atoms with Gasteiger partial charge >= 0.3 is 0 Å². The molecule has 4 N–H and O–H groups in total. The molecule has 0 spiro atoms. The molecule has 0 aliphatic carbocycles. The number of non-ortho nitro benzene ring substituents is 1. The summed E-state index contributed by atoms with van der Waals surface area (Å²) in [6, 6.07) is 1.60. The number of nitrogens with zero attached hydrogens (tertiary/aromatic N) is 1. The Bertz CT molecular complexity index is 443. The summed E-state index contributed by atoms with van der Waals surface area (Å²) < 4.78 is 13.3. The summed E-state index contributed by atoms with van der Waals surface area (Å²) in [6.45, 7) is 0. The molecule has 0 heterocycles. The van der Waals surface area contributed by atoms with E-state index in [2.05, 4.69) is 15.9 Å². The van der Waals surface area contributed by atoms with Gasteiger partial charge in [0.2, 0.25) is 0 Å². The summed E-state index contributed by atoms with van der Waals surface area (Å²) in [4.78, 5) is 9.72. The molecule has 1 rings (SSSR count). The van der Waals surface area contributed by atoms with Gasteiger partial charge in [0.15, 0.2) is 5.82 Å². The molecule has 0 saturated heterocycles. The minimum atomic E-state index is -1.50. The molecule has 6 nitrogen and oxygen atoms in total. The topological polar surface area (TPSA) is 110 Å². The van der Waals surface area contributed by atoms with Crippen LogP contribution in [0.1, 0.15) is 11.7 Å². The highest BCUT2D eigenvalue weighted by molar-refractivity contribution is 9.09. The van der Waals surface area contributed by atoms with E-state index in [4.69, 9.17) is 5.73 Å². The van der Waals surface area contributed by atoms with Crippen LogP contribution in [0.5, 0.6) is 0 Å². The number of hydrogen-bond donors (Lipinski definition) is 3. The molecule has 0 bridgehead atoms. The number of benzene rings is 1. The van der Waals surface area contributed by atoms with E-state index in [-0.39, 0.29) is 10.9 Å². The maximum absolute atomic E-state index is 13.3. The van der Waals surface area contributed by atoms with Crippen molar-refractivity contribution in [3.05, 3.63) is 33.6 Å². The third-order valence-electron chi connectivity index (χ3n) is 2.20. The molecule has 17 heavy (non-hydrogen) atoms. The molecule has 0 aromatic heterocycles. The zero-order chi connectivity index (χ0) is 13.2. The fraction of sp³-hybridized carbons (Fsp3) is 0.333. The number of alkyl halides is 1. The smallest absolute Gasteiger partial charge is 0.272 e. The Morgan fingerprint density at radius 3 is 2.59 bits per heavy atom. The lowest BCUT2D eigenvalue weighted by molar-refractivity contribution is -0.385. The summed E-state index contributed by atoms with van der Waals surface area (Å²) in [7, 11) is 0. The summed E-state index contributed by atoms with van der Waals surface area (Å²) >= 11 is 2.92. The number of rotatable bonds is 4. The zero-order valence-electron chi connectivity index (χ0n) is 8.51. The van der Waals surface area contributed by atoms with Gasteiger partial charge in [-0.25, -0.2) is 4.39 Å². The van der Waals surface area contributed by atoms with Gasteiger partial charge in [-0.05, 0) is 0 Å². The van der Waals surface area contributed by atoms with Gasteiger partial charge < -0.3 is 15.9 Å². The van der Waals surface area contributed by atoms with Crippen LogP contribution < -0.4 is 5.73 Å². The third-order valence-corrected chi connectivity index (χ3v) is 2.86. The Kier molecular flexibility index (Phi) is 4.38. The number of nitro groups is 1. The van der Waals surface area contributed by atoms with Crippen molar-refractivity contribution in [2.75, 3.05) is 11.1 Å². The molecule has 0 aliphatic rings. The SMILES string of the molecule is Nc1c(F)cc([N+](=O)[O-])cc1C(O)C(O)CBr. The highest BCUT2D eigenvalue weighted by Gasteiger charge is 2.24. The maximum Gasteiger partial charge on any atom is 0.272 e. The molecular formula is C9H10BrFN2O4. The molecule has 2 unspecified atom stereocenters. The highest BCUT2D eigenvalue weighted by Crippen LogP contribution is 2.30. The Morgan fingerprint density at radius 1 is 1.53 bits per heavy atom. The third kappa shape index (κ3) is 2.90. The van der Waals surface area contributed by atoms with E-state index in [1.165, 1.54) is 0 Å². The normalized spacial score (nSPS) is 14.4. The Labute approximate surface area is 104 Å². The number of hydrogen-bond acceptors (Lipinski definition) is 5. The first-order valence-corrected chi connectivity index (χ1v) is 5.66. The number of halogens is 2. The molecule has 0 radical (unpaired) electrons. The summed E-state index contributed by atoms with van der Waals surface area (Å²) in [5.41, 5.74) is 4.21. The van der Waals surface area contributed by atoms with Gasteiger partial charge in [0, 0.05) is 17.0 Å². The van der Waals surface area contributed by atoms with Crippen LogP contribution in [0.15, 0.2) is 12.1 Å². The van der Waals surface area contributed by atoms with Crippen molar-refractivity contribution >= 4 is 27.3 Å². The quantitative estimate of drug-likeness (QED) is 0.334. The second kappa shape index (κ2) is 5.39. The van der Waals surface area contributed by atoms with E-state index < -0.39 is 34.3 Å². The summed E-state index contributed by atoms with van der Waals surface area (Å²) in [6.07, 6.45) is -2.73. The molecule has 94 valence electrons. The van der Waals surface area contributed by atoms with Crippen LogP contribution in [-0.2, 0) is 0 Å². The molecule has 0 amide bonds. The number of anilines is 1. The van der Waals surface area contributed by atoms with Crippen LogP contribution in [0.2, 0.25) is 0 Å². The van der Waals surface area contributed by atoms with Gasteiger partial charge in [0.1, 0.15) is 6.10 Å². The zero-order valence-corrected chi connectivity index (χ0v) is 10.1. The van der Waals surface area contributed by atoms with E-state index in [1.54, 1.807) is 0 Å². The maximum atomic E-state index is 13.3. The second-order valence-corrected chi connectivity index (χ2v) is 4.00. The van der Waals surface area contributed by atoms with Crippen LogP contribution in [0.25, 0.3) is 0 Å². The van der Waals surface area contributed by atoms with Crippen molar-refractivity contribution in [1.29, 1.82) is 0 Å². The fourth-order valence-electron chi connectivity index (χ4n) is 1.27. The van der Waals surface area contributed by atoms with Gasteiger partial charge in [-0.15, -0.1) is 0 Å². The first-order chi connectivity index (χ1) is 7.88. The first-order valence-electron chi connectivity index (χ1n) is 4.54. The molecule has 2 atom stereocenters. The average Bonchev–Trinajstić information content (AvgIpc) is 2.30. The Hall–Kier alpha value is -1.25. The molecule has 1 aromatic carbocycles. The molecular weight excluding hydrogens is 299 g/mol. The second-order valence-electron chi connectivity index (χ2n) is 3.35. The Morgan fingerprint density at radius 2 is 2.12 bits per heavy atom. The van der Waals surface area contributed by atoms with Crippen LogP contribution in [-0.4, -0.2) is 26.6 Å². The molecule has 0 aliphatic heterocycles. The standard InChI is InChI=1S/C9H10BrFN2O4/c10-3-7(14)9(15)5-1-4(13(16)17)2-6(11)8(5)12/h1-2,7,9,14-15H,3,12H2. The minimum absolute atomic E-state index is 0.0257. The fourth-order valence-corrected chi connectivity index (χ4v) is 1.62. The monoisotopic (exact) mass is 308 g/mol. The van der Waals surface area contributed by atoms with E-state index in [0.717, 1.165) is 6.07 Å². The lowest BCUT2D eigenvalue weighted by Crippen LogP contribution is -2.21. The van der Waals surface area contributed by atoms with Gasteiger partial charge in [-0.1, -0.05) is 15.9 Å².